The lowest BCUT2D eigenvalue weighted by atomic mass is 9.93. The van der Waals surface area contributed by atoms with Gasteiger partial charge in [-0.25, -0.2) is 9.07 Å². The van der Waals surface area contributed by atoms with Gasteiger partial charge in [0.2, 0.25) is 0 Å². The van der Waals surface area contributed by atoms with Crippen LogP contribution in [0.2, 0.25) is 0 Å². The fourth-order valence-electron chi connectivity index (χ4n) is 1.94. The van der Waals surface area contributed by atoms with Crippen LogP contribution < -0.4 is 5.73 Å². The Morgan fingerprint density at radius 1 is 1.35 bits per heavy atom. The second-order valence-electron chi connectivity index (χ2n) is 4.27. The van der Waals surface area contributed by atoms with Gasteiger partial charge in [-0.2, -0.15) is 0 Å². The Labute approximate surface area is 97.4 Å². The summed E-state index contributed by atoms with van der Waals surface area (Å²) < 4.78 is 14.9. The predicted molar refractivity (Wildman–Crippen MR) is 60.5 cm³/mol. The summed E-state index contributed by atoms with van der Waals surface area (Å²) in [6.45, 7) is 0. The van der Waals surface area contributed by atoms with Crippen molar-refractivity contribution in [3.05, 3.63) is 24.0 Å². The number of rotatable bonds is 2. The number of anilines is 1. The molecule has 1 aliphatic rings. The molecule has 0 atom stereocenters. The highest BCUT2D eigenvalue weighted by Gasteiger charge is 2.24. The highest BCUT2D eigenvalue weighted by atomic mass is 19.1. The fraction of sp³-hybridized carbons (Fsp3) is 0.364. The Morgan fingerprint density at radius 3 is 2.82 bits per heavy atom. The molecule has 2 N–H and O–H groups in total. The zero-order valence-electron chi connectivity index (χ0n) is 9.17. The largest absolute Gasteiger partial charge is 0.396 e. The van der Waals surface area contributed by atoms with Crippen molar-refractivity contribution in [2.45, 2.75) is 25.3 Å². The Balaban J connectivity index is 2.02. The van der Waals surface area contributed by atoms with Gasteiger partial charge in [0.1, 0.15) is 5.82 Å². The lowest BCUT2D eigenvalue weighted by Crippen LogP contribution is -2.19. The molecule has 1 saturated carbocycles. The summed E-state index contributed by atoms with van der Waals surface area (Å²) in [5.41, 5.74) is 6.41. The summed E-state index contributed by atoms with van der Waals surface area (Å²) in [5.74, 6) is 0.234. The van der Waals surface area contributed by atoms with Crippen molar-refractivity contribution in [3.63, 3.8) is 0 Å². The standard InChI is InChI=1S/C11H12FN5/c12-9-5-4-7(6-10(9)13)11-14-15-16-17(11)8-2-1-3-8/h4-6,8H,1-3,13H2. The van der Waals surface area contributed by atoms with Crippen LogP contribution in [0.5, 0.6) is 0 Å². The topological polar surface area (TPSA) is 69.6 Å². The predicted octanol–water partition coefficient (Wildman–Crippen LogP) is 1.79. The van der Waals surface area contributed by atoms with Crippen LogP contribution in [0.3, 0.4) is 0 Å². The van der Waals surface area contributed by atoms with Gasteiger partial charge in [0.05, 0.1) is 11.7 Å². The summed E-state index contributed by atoms with van der Waals surface area (Å²) in [4.78, 5) is 0. The number of benzene rings is 1. The summed E-state index contributed by atoms with van der Waals surface area (Å²) >= 11 is 0. The van der Waals surface area contributed by atoms with Crippen molar-refractivity contribution in [1.29, 1.82) is 0 Å². The average Bonchev–Trinajstić information content (AvgIpc) is 2.68. The molecular formula is C11H12FN5. The quantitative estimate of drug-likeness (QED) is 0.803. The van der Waals surface area contributed by atoms with E-state index in [4.69, 9.17) is 5.73 Å². The van der Waals surface area contributed by atoms with Crippen LogP contribution >= 0.6 is 0 Å². The summed E-state index contributed by atoms with van der Waals surface area (Å²) in [6, 6.07) is 4.92. The van der Waals surface area contributed by atoms with Crippen molar-refractivity contribution >= 4 is 5.69 Å². The van der Waals surface area contributed by atoms with Crippen molar-refractivity contribution in [3.8, 4) is 11.4 Å². The van der Waals surface area contributed by atoms with E-state index in [0.717, 1.165) is 18.4 Å². The molecule has 5 nitrogen and oxygen atoms in total. The van der Waals surface area contributed by atoms with Gasteiger partial charge in [-0.15, -0.1) is 5.10 Å². The number of nitrogen functional groups attached to an aromatic ring is 1. The molecule has 2 aromatic rings. The molecule has 3 rings (SSSR count). The van der Waals surface area contributed by atoms with Crippen LogP contribution in [-0.4, -0.2) is 20.2 Å². The molecule has 0 aliphatic heterocycles. The number of aromatic nitrogens is 4. The molecule has 0 unspecified atom stereocenters. The van der Waals surface area contributed by atoms with E-state index in [9.17, 15) is 4.39 Å². The fourth-order valence-corrected chi connectivity index (χ4v) is 1.94. The lowest BCUT2D eigenvalue weighted by Gasteiger charge is -2.25. The van der Waals surface area contributed by atoms with Crippen LogP contribution in [0.4, 0.5) is 10.1 Å². The van der Waals surface area contributed by atoms with E-state index in [1.165, 1.54) is 12.5 Å². The first kappa shape index (κ1) is 10.2. The Bertz CT molecular complexity index is 547. The van der Waals surface area contributed by atoms with Gasteiger partial charge in [-0.3, -0.25) is 0 Å². The second kappa shape index (κ2) is 3.80. The molecule has 0 bridgehead atoms. The van der Waals surface area contributed by atoms with Gasteiger partial charge in [0.15, 0.2) is 5.82 Å². The molecule has 0 radical (unpaired) electrons. The average molecular weight is 233 g/mol. The molecule has 88 valence electrons. The van der Waals surface area contributed by atoms with Crippen LogP contribution in [0.1, 0.15) is 25.3 Å². The molecule has 17 heavy (non-hydrogen) atoms. The van der Waals surface area contributed by atoms with Crippen molar-refractivity contribution in [2.24, 2.45) is 0 Å². The Hall–Kier alpha value is -1.98. The minimum atomic E-state index is -0.420. The van der Waals surface area contributed by atoms with Crippen molar-refractivity contribution in [1.82, 2.24) is 20.2 Å². The van der Waals surface area contributed by atoms with Gasteiger partial charge in [-0.05, 0) is 47.9 Å². The third-order valence-electron chi connectivity index (χ3n) is 3.17. The summed E-state index contributed by atoms with van der Waals surface area (Å²) in [7, 11) is 0. The van der Waals surface area contributed by atoms with Crippen LogP contribution in [0.15, 0.2) is 18.2 Å². The molecule has 0 saturated heterocycles. The van der Waals surface area contributed by atoms with E-state index in [1.807, 2.05) is 0 Å². The third-order valence-corrected chi connectivity index (χ3v) is 3.17. The maximum absolute atomic E-state index is 13.1. The molecular weight excluding hydrogens is 221 g/mol. The number of halogens is 1. The minimum Gasteiger partial charge on any atom is -0.396 e. The summed E-state index contributed by atoms with van der Waals surface area (Å²) in [5, 5.41) is 11.7. The van der Waals surface area contributed by atoms with Gasteiger partial charge in [0.25, 0.3) is 0 Å². The van der Waals surface area contributed by atoms with E-state index in [0.29, 0.717) is 11.9 Å². The normalized spacial score (nSPS) is 15.8. The van der Waals surface area contributed by atoms with Crippen molar-refractivity contribution < 1.29 is 4.39 Å². The van der Waals surface area contributed by atoms with Gasteiger partial charge < -0.3 is 5.73 Å². The van der Waals surface area contributed by atoms with E-state index < -0.39 is 5.82 Å². The molecule has 0 amide bonds. The monoisotopic (exact) mass is 233 g/mol. The molecule has 1 fully saturated rings. The number of tetrazole rings is 1. The zero-order chi connectivity index (χ0) is 11.8. The molecule has 0 spiro atoms. The number of nitrogens with zero attached hydrogens (tertiary/aromatic N) is 4. The van der Waals surface area contributed by atoms with E-state index in [2.05, 4.69) is 15.5 Å². The Kier molecular flexibility index (Phi) is 2.28. The maximum atomic E-state index is 13.1. The molecule has 6 heteroatoms. The highest BCUT2D eigenvalue weighted by molar-refractivity contribution is 5.61. The molecule has 1 aliphatic carbocycles. The van der Waals surface area contributed by atoms with Crippen LogP contribution in [-0.2, 0) is 0 Å². The lowest BCUT2D eigenvalue weighted by molar-refractivity contribution is 0.287. The van der Waals surface area contributed by atoms with E-state index in [1.54, 1.807) is 16.8 Å². The van der Waals surface area contributed by atoms with E-state index >= 15 is 0 Å². The minimum absolute atomic E-state index is 0.116. The maximum Gasteiger partial charge on any atom is 0.182 e. The highest BCUT2D eigenvalue weighted by Crippen LogP contribution is 2.33. The van der Waals surface area contributed by atoms with Gasteiger partial charge in [0, 0.05) is 5.56 Å². The van der Waals surface area contributed by atoms with Crippen LogP contribution in [0, 0.1) is 5.82 Å². The SMILES string of the molecule is Nc1cc(-c2nnnn2C2CCC2)ccc1F. The van der Waals surface area contributed by atoms with E-state index in [-0.39, 0.29) is 5.69 Å². The van der Waals surface area contributed by atoms with Gasteiger partial charge in [-0.1, -0.05) is 0 Å². The Morgan fingerprint density at radius 2 is 2.18 bits per heavy atom. The first-order valence-corrected chi connectivity index (χ1v) is 5.59. The first-order chi connectivity index (χ1) is 8.25. The van der Waals surface area contributed by atoms with Gasteiger partial charge >= 0.3 is 0 Å². The van der Waals surface area contributed by atoms with Crippen molar-refractivity contribution in [2.75, 3.05) is 5.73 Å². The zero-order valence-corrected chi connectivity index (χ0v) is 9.17. The smallest absolute Gasteiger partial charge is 0.182 e. The molecule has 1 aromatic heterocycles. The molecule has 1 aromatic carbocycles. The van der Waals surface area contributed by atoms with Crippen LogP contribution in [0.25, 0.3) is 11.4 Å². The number of hydrogen-bond acceptors (Lipinski definition) is 4. The molecule has 1 heterocycles. The number of nitrogens with two attached hydrogens (primary N) is 1. The first-order valence-electron chi connectivity index (χ1n) is 5.59. The summed E-state index contributed by atoms with van der Waals surface area (Å²) in [6.07, 6.45) is 3.39. The third kappa shape index (κ3) is 1.65. The number of hydrogen-bond donors (Lipinski definition) is 1. The second-order valence-corrected chi connectivity index (χ2v) is 4.27.